The first-order chi connectivity index (χ1) is 11.6. The molecule has 0 unspecified atom stereocenters. The largest absolute Gasteiger partial charge is 0.312 e. The number of pyridine rings is 1. The van der Waals surface area contributed by atoms with Crippen LogP contribution in [0.3, 0.4) is 0 Å². The predicted octanol–water partition coefficient (Wildman–Crippen LogP) is 4.38. The monoisotopic (exact) mass is 337 g/mol. The number of nitriles is 1. The Labute approximate surface area is 142 Å². The molecule has 0 radical (unpaired) electrons. The van der Waals surface area contributed by atoms with Crippen molar-refractivity contribution < 1.29 is 9.18 Å². The van der Waals surface area contributed by atoms with Crippen LogP contribution >= 0.6 is 11.3 Å². The second kappa shape index (κ2) is 6.60. The molecule has 1 N–H and O–H groups in total. The van der Waals surface area contributed by atoms with E-state index in [0.29, 0.717) is 21.7 Å². The molecule has 2 aromatic heterocycles. The molecule has 0 fully saturated rings. The molecule has 3 aromatic rings. The van der Waals surface area contributed by atoms with Gasteiger partial charge in [0.2, 0.25) is 0 Å². The van der Waals surface area contributed by atoms with Gasteiger partial charge in [0, 0.05) is 28.4 Å². The molecule has 0 atom stereocenters. The van der Waals surface area contributed by atoms with Gasteiger partial charge in [0.25, 0.3) is 5.91 Å². The lowest BCUT2D eigenvalue weighted by Crippen LogP contribution is -2.11. The van der Waals surface area contributed by atoms with Gasteiger partial charge in [0.1, 0.15) is 16.9 Å². The van der Waals surface area contributed by atoms with Crippen LogP contribution in [0.5, 0.6) is 0 Å². The van der Waals surface area contributed by atoms with E-state index in [1.165, 1.54) is 35.9 Å². The van der Waals surface area contributed by atoms with E-state index in [1.807, 2.05) is 6.92 Å². The summed E-state index contributed by atoms with van der Waals surface area (Å²) >= 11 is 1.32. The summed E-state index contributed by atoms with van der Waals surface area (Å²) in [7, 11) is 0. The van der Waals surface area contributed by atoms with Crippen LogP contribution in [0.2, 0.25) is 0 Å². The number of hydrogen-bond donors (Lipinski definition) is 1. The van der Waals surface area contributed by atoms with E-state index in [1.54, 1.807) is 24.3 Å². The summed E-state index contributed by atoms with van der Waals surface area (Å²) in [6.07, 6.45) is 3.06. The van der Waals surface area contributed by atoms with Gasteiger partial charge in [-0.05, 0) is 36.8 Å². The molecular formula is C18H12FN3OS. The number of aryl methyl sites for hydroxylation is 1. The molecule has 0 aliphatic rings. The maximum Gasteiger partial charge on any atom is 0.256 e. The fourth-order valence-corrected chi connectivity index (χ4v) is 3.40. The van der Waals surface area contributed by atoms with Crippen LogP contribution in [0.4, 0.5) is 9.39 Å². The number of nitrogens with one attached hydrogen (secondary N) is 1. The third-order valence-electron chi connectivity index (χ3n) is 3.50. The van der Waals surface area contributed by atoms with E-state index in [9.17, 15) is 14.4 Å². The van der Waals surface area contributed by atoms with E-state index >= 15 is 0 Å². The Morgan fingerprint density at radius 2 is 1.88 bits per heavy atom. The van der Waals surface area contributed by atoms with Gasteiger partial charge in [-0.15, -0.1) is 11.3 Å². The standard InChI is InChI=1S/C18H12FN3OS/c1-11-16(12-2-4-14(19)5-3-12)15(10-20)18(24-11)22-17(23)13-6-8-21-9-7-13/h2-9H,1H3,(H,22,23). The lowest BCUT2D eigenvalue weighted by atomic mass is 10.0. The fourth-order valence-electron chi connectivity index (χ4n) is 2.38. The van der Waals surface area contributed by atoms with Gasteiger partial charge in [-0.25, -0.2) is 4.39 Å². The zero-order valence-electron chi connectivity index (χ0n) is 12.7. The lowest BCUT2D eigenvalue weighted by molar-refractivity contribution is 0.102. The van der Waals surface area contributed by atoms with Gasteiger partial charge < -0.3 is 5.32 Å². The Balaban J connectivity index is 1.99. The van der Waals surface area contributed by atoms with Crippen molar-refractivity contribution in [2.45, 2.75) is 6.92 Å². The van der Waals surface area contributed by atoms with Crippen molar-refractivity contribution >= 4 is 22.2 Å². The van der Waals surface area contributed by atoms with E-state index in [0.717, 1.165) is 10.4 Å². The minimum absolute atomic E-state index is 0.305. The van der Waals surface area contributed by atoms with Gasteiger partial charge in [0.05, 0.1) is 5.56 Å². The SMILES string of the molecule is Cc1sc(NC(=O)c2ccncc2)c(C#N)c1-c1ccc(F)cc1. The number of nitrogens with zero attached hydrogens (tertiary/aromatic N) is 2. The highest BCUT2D eigenvalue weighted by molar-refractivity contribution is 7.17. The number of hydrogen-bond acceptors (Lipinski definition) is 4. The summed E-state index contributed by atoms with van der Waals surface area (Å²) < 4.78 is 13.1. The van der Waals surface area contributed by atoms with Crippen molar-refractivity contribution in [3.63, 3.8) is 0 Å². The highest BCUT2D eigenvalue weighted by Gasteiger charge is 2.19. The molecule has 0 saturated heterocycles. The average Bonchev–Trinajstić information content (AvgIpc) is 2.91. The number of benzene rings is 1. The van der Waals surface area contributed by atoms with Crippen LogP contribution in [0.1, 0.15) is 20.8 Å². The van der Waals surface area contributed by atoms with Crippen molar-refractivity contribution in [3.8, 4) is 17.2 Å². The maximum absolute atomic E-state index is 13.1. The Hall–Kier alpha value is -3.04. The molecule has 3 rings (SSSR count). The molecule has 1 aromatic carbocycles. The molecule has 4 nitrogen and oxygen atoms in total. The van der Waals surface area contributed by atoms with Crippen LogP contribution in [0, 0.1) is 24.1 Å². The number of anilines is 1. The molecule has 0 aliphatic carbocycles. The average molecular weight is 337 g/mol. The Morgan fingerprint density at radius 1 is 1.21 bits per heavy atom. The highest BCUT2D eigenvalue weighted by Crippen LogP contribution is 2.39. The molecule has 0 bridgehead atoms. The summed E-state index contributed by atoms with van der Waals surface area (Å²) in [5.74, 6) is -0.642. The first-order valence-corrected chi connectivity index (χ1v) is 7.92. The minimum Gasteiger partial charge on any atom is -0.312 e. The summed E-state index contributed by atoms with van der Waals surface area (Å²) in [4.78, 5) is 17.0. The molecule has 0 spiro atoms. The van der Waals surface area contributed by atoms with E-state index in [-0.39, 0.29) is 11.7 Å². The summed E-state index contributed by atoms with van der Waals surface area (Å²) in [5, 5.41) is 12.8. The first-order valence-electron chi connectivity index (χ1n) is 7.11. The normalized spacial score (nSPS) is 10.2. The van der Waals surface area contributed by atoms with Gasteiger partial charge in [0.15, 0.2) is 0 Å². The molecule has 24 heavy (non-hydrogen) atoms. The number of rotatable bonds is 3. The summed E-state index contributed by atoms with van der Waals surface area (Å²) in [6, 6.07) is 11.3. The van der Waals surface area contributed by atoms with E-state index in [4.69, 9.17) is 0 Å². The Kier molecular flexibility index (Phi) is 4.36. The first kappa shape index (κ1) is 15.8. The number of halogens is 1. The number of amides is 1. The van der Waals surface area contributed by atoms with Crippen LogP contribution in [0.15, 0.2) is 48.8 Å². The zero-order chi connectivity index (χ0) is 17.1. The van der Waals surface area contributed by atoms with Gasteiger partial charge in [-0.1, -0.05) is 12.1 Å². The number of carbonyl (C=O) groups excluding carboxylic acids is 1. The molecule has 118 valence electrons. The Bertz CT molecular complexity index is 927. The van der Waals surface area contributed by atoms with E-state index < -0.39 is 0 Å². The van der Waals surface area contributed by atoms with Crippen LogP contribution < -0.4 is 5.32 Å². The molecular weight excluding hydrogens is 325 g/mol. The molecule has 6 heteroatoms. The van der Waals surface area contributed by atoms with E-state index in [2.05, 4.69) is 16.4 Å². The van der Waals surface area contributed by atoms with Crippen molar-refractivity contribution in [1.29, 1.82) is 5.26 Å². The second-order valence-corrected chi connectivity index (χ2v) is 6.27. The maximum atomic E-state index is 13.1. The quantitative estimate of drug-likeness (QED) is 0.771. The van der Waals surface area contributed by atoms with Crippen molar-refractivity contribution in [2.75, 3.05) is 5.32 Å². The zero-order valence-corrected chi connectivity index (χ0v) is 13.5. The van der Waals surface area contributed by atoms with Crippen molar-refractivity contribution in [3.05, 3.63) is 70.6 Å². The minimum atomic E-state index is -0.337. The topological polar surface area (TPSA) is 65.8 Å². The third-order valence-corrected chi connectivity index (χ3v) is 4.52. The second-order valence-electron chi connectivity index (χ2n) is 5.05. The molecule has 2 heterocycles. The summed E-state index contributed by atoms with van der Waals surface area (Å²) in [6.45, 7) is 1.87. The summed E-state index contributed by atoms with van der Waals surface area (Å²) in [5.41, 5.74) is 2.30. The number of aromatic nitrogens is 1. The van der Waals surface area contributed by atoms with Crippen LogP contribution in [-0.2, 0) is 0 Å². The third kappa shape index (κ3) is 3.03. The van der Waals surface area contributed by atoms with Gasteiger partial charge >= 0.3 is 0 Å². The number of carbonyl (C=O) groups is 1. The lowest BCUT2D eigenvalue weighted by Gasteiger charge is -2.04. The molecule has 0 saturated carbocycles. The van der Waals surface area contributed by atoms with Crippen LogP contribution in [-0.4, -0.2) is 10.9 Å². The smallest absolute Gasteiger partial charge is 0.256 e. The van der Waals surface area contributed by atoms with Gasteiger partial charge in [-0.2, -0.15) is 5.26 Å². The predicted molar refractivity (Wildman–Crippen MR) is 91.4 cm³/mol. The van der Waals surface area contributed by atoms with Gasteiger partial charge in [-0.3, -0.25) is 9.78 Å². The van der Waals surface area contributed by atoms with Crippen LogP contribution in [0.25, 0.3) is 11.1 Å². The fraction of sp³-hybridized carbons (Fsp3) is 0.0556. The Morgan fingerprint density at radius 3 is 2.50 bits per heavy atom. The molecule has 0 aliphatic heterocycles. The van der Waals surface area contributed by atoms with Crippen molar-refractivity contribution in [1.82, 2.24) is 4.98 Å². The highest BCUT2D eigenvalue weighted by atomic mass is 32.1. The van der Waals surface area contributed by atoms with Crippen molar-refractivity contribution in [2.24, 2.45) is 0 Å². The molecule has 1 amide bonds. The number of thiophene rings is 1.